The van der Waals surface area contributed by atoms with Crippen LogP contribution < -0.4 is 10.6 Å². The van der Waals surface area contributed by atoms with E-state index in [-0.39, 0.29) is 6.47 Å². The van der Waals surface area contributed by atoms with E-state index >= 15 is 0 Å². The Morgan fingerprint density at radius 3 is 1.84 bits per heavy atom. The van der Waals surface area contributed by atoms with E-state index in [1.807, 2.05) is 0 Å². The van der Waals surface area contributed by atoms with E-state index in [1.54, 1.807) is 0 Å². The maximum atomic E-state index is 12.7. The third-order valence-electron chi connectivity index (χ3n) is 7.33. The van der Waals surface area contributed by atoms with Gasteiger partial charge >= 0.3 is 5.97 Å². The molecule has 0 heterocycles. The van der Waals surface area contributed by atoms with Gasteiger partial charge in [0.1, 0.15) is 12.0 Å². The van der Waals surface area contributed by atoms with Gasteiger partial charge in [-0.1, -0.05) is 68.3 Å². The van der Waals surface area contributed by atoms with Crippen LogP contribution in [0.1, 0.15) is 50.2 Å². The van der Waals surface area contributed by atoms with Gasteiger partial charge in [-0.15, -0.1) is 0 Å². The molecule has 1 fully saturated rings. The summed E-state index contributed by atoms with van der Waals surface area (Å²) in [7, 11) is 1.39. The number of aliphatic carboxylic acids is 1. The first-order chi connectivity index (χ1) is 18.4. The number of ether oxygens (including phenoxy) is 1. The highest BCUT2D eigenvalue weighted by atomic mass is 16.5. The Morgan fingerprint density at radius 2 is 1.37 bits per heavy atom. The van der Waals surface area contributed by atoms with Crippen LogP contribution in [0.2, 0.25) is 0 Å². The molecule has 2 aromatic carbocycles. The van der Waals surface area contributed by atoms with E-state index in [0.717, 1.165) is 19.3 Å². The largest absolute Gasteiger partial charge is 0.481 e. The normalized spacial score (nSPS) is 20.2. The predicted molar refractivity (Wildman–Crippen MR) is 144 cm³/mol. The smallest absolute Gasteiger partial charge is 0.311 e. The van der Waals surface area contributed by atoms with Crippen molar-refractivity contribution in [3.63, 3.8) is 0 Å². The molecule has 3 N–H and O–H groups in total. The van der Waals surface area contributed by atoms with Crippen LogP contribution in [-0.2, 0) is 36.8 Å². The van der Waals surface area contributed by atoms with Gasteiger partial charge in [-0.2, -0.15) is 0 Å². The van der Waals surface area contributed by atoms with E-state index in [0.29, 0.717) is 13.0 Å². The Kier molecular flexibility index (Phi) is 10.9. The fraction of sp³-hybridized carbons (Fsp3) is 0.467. The monoisotopic (exact) mass is 522 g/mol. The Balaban J connectivity index is 1.44. The summed E-state index contributed by atoms with van der Waals surface area (Å²) in [6.45, 7) is 2.69. The fourth-order valence-corrected chi connectivity index (χ4v) is 5.13. The maximum absolute atomic E-state index is 12.7. The highest BCUT2D eigenvalue weighted by Gasteiger charge is 2.62. The number of unbranched alkanes of at least 4 members (excludes halogenated alkanes) is 3. The minimum Gasteiger partial charge on any atom is -0.481 e. The number of carboxylic acid groups (broad SMARTS) is 1. The SMILES string of the molecule is CCCCCc1ccc(-c2ccc(CCCCNC(=O)C3C(C(=O)O)C(OC=O)C3C(=O)NC)cc2)cc1. The number of amides is 2. The van der Waals surface area contributed by atoms with Crippen LogP contribution in [-0.4, -0.2) is 49.1 Å². The first kappa shape index (κ1) is 28.9. The molecule has 0 bridgehead atoms. The summed E-state index contributed by atoms with van der Waals surface area (Å²) in [5.41, 5.74) is 4.96. The fourth-order valence-electron chi connectivity index (χ4n) is 5.13. The Labute approximate surface area is 224 Å². The molecule has 1 aliphatic carbocycles. The molecule has 3 rings (SSSR count). The van der Waals surface area contributed by atoms with Gasteiger partial charge in [0.25, 0.3) is 6.47 Å². The number of benzene rings is 2. The molecular formula is C30H38N2O6. The summed E-state index contributed by atoms with van der Waals surface area (Å²) < 4.78 is 4.82. The Bertz CT molecular complexity index is 1080. The standard InChI is InChI=1S/C30H38N2O6/c1-3-4-5-8-20-10-14-22(15-11-20)23-16-12-21(13-17-23)9-6-7-18-32-29(35)24-25(28(34)31-2)27(38-19-33)26(24)30(36)37/h10-17,19,24-27H,3-9,18H2,1-2H3,(H,31,34)(H,32,35)(H,36,37). The van der Waals surface area contributed by atoms with E-state index in [1.165, 1.54) is 48.6 Å². The van der Waals surface area contributed by atoms with Crippen molar-refractivity contribution in [2.75, 3.05) is 13.6 Å². The summed E-state index contributed by atoms with van der Waals surface area (Å²) in [5.74, 6) is -5.68. The van der Waals surface area contributed by atoms with Gasteiger partial charge in [0.05, 0.1) is 11.8 Å². The van der Waals surface area contributed by atoms with Gasteiger partial charge < -0.3 is 20.5 Å². The molecule has 4 unspecified atom stereocenters. The van der Waals surface area contributed by atoms with Crippen molar-refractivity contribution < 1.29 is 29.0 Å². The number of nitrogens with one attached hydrogen (secondary N) is 2. The summed E-state index contributed by atoms with van der Waals surface area (Å²) in [4.78, 5) is 47.3. The minimum atomic E-state index is -1.27. The third-order valence-corrected chi connectivity index (χ3v) is 7.33. The lowest BCUT2D eigenvalue weighted by Gasteiger charge is -2.45. The average Bonchev–Trinajstić information content (AvgIpc) is 2.91. The molecule has 1 aliphatic rings. The van der Waals surface area contributed by atoms with Gasteiger partial charge in [0.15, 0.2) is 0 Å². The van der Waals surface area contributed by atoms with Gasteiger partial charge in [0.2, 0.25) is 11.8 Å². The highest BCUT2D eigenvalue weighted by Crippen LogP contribution is 2.43. The zero-order valence-corrected chi connectivity index (χ0v) is 22.2. The highest BCUT2D eigenvalue weighted by molar-refractivity contribution is 5.95. The predicted octanol–water partition coefficient (Wildman–Crippen LogP) is 3.76. The van der Waals surface area contributed by atoms with Crippen LogP contribution in [0.15, 0.2) is 48.5 Å². The minimum absolute atomic E-state index is 0.113. The van der Waals surface area contributed by atoms with Crippen LogP contribution in [0.5, 0.6) is 0 Å². The number of carboxylic acids is 1. The van der Waals surface area contributed by atoms with Gasteiger partial charge in [-0.25, -0.2) is 0 Å². The van der Waals surface area contributed by atoms with Crippen LogP contribution in [0, 0.1) is 17.8 Å². The Morgan fingerprint density at radius 1 is 0.816 bits per heavy atom. The zero-order chi connectivity index (χ0) is 27.5. The number of hydrogen-bond donors (Lipinski definition) is 3. The van der Waals surface area contributed by atoms with E-state index in [4.69, 9.17) is 4.74 Å². The average molecular weight is 523 g/mol. The molecule has 8 nitrogen and oxygen atoms in total. The maximum Gasteiger partial charge on any atom is 0.311 e. The van der Waals surface area contributed by atoms with Crippen molar-refractivity contribution in [2.45, 2.75) is 58.0 Å². The van der Waals surface area contributed by atoms with Crippen LogP contribution in [0.25, 0.3) is 11.1 Å². The molecule has 1 saturated carbocycles. The number of hydrogen-bond acceptors (Lipinski definition) is 5. The van der Waals surface area contributed by atoms with Gasteiger partial charge in [-0.05, 0) is 54.4 Å². The first-order valence-electron chi connectivity index (χ1n) is 13.4. The quantitative estimate of drug-likeness (QED) is 0.242. The summed E-state index contributed by atoms with van der Waals surface area (Å²) in [6, 6.07) is 17.3. The van der Waals surface area contributed by atoms with Gasteiger partial charge in [-0.3, -0.25) is 19.2 Å². The molecule has 0 saturated heterocycles. The lowest BCUT2D eigenvalue weighted by molar-refractivity contribution is -0.188. The number of aryl methyl sites for hydroxylation is 2. The summed E-state index contributed by atoms with van der Waals surface area (Å²) >= 11 is 0. The van der Waals surface area contributed by atoms with Crippen molar-refractivity contribution in [3.05, 3.63) is 59.7 Å². The second kappa shape index (κ2) is 14.3. The molecule has 8 heteroatoms. The van der Waals surface area contributed by atoms with Crippen LogP contribution in [0.4, 0.5) is 0 Å². The molecule has 2 amide bonds. The topological polar surface area (TPSA) is 122 Å². The third kappa shape index (κ3) is 7.21. The lowest BCUT2D eigenvalue weighted by atomic mass is 9.61. The van der Waals surface area contributed by atoms with Crippen molar-refractivity contribution >= 4 is 24.3 Å². The molecular weight excluding hydrogens is 484 g/mol. The number of carbonyl (C=O) groups is 4. The first-order valence-corrected chi connectivity index (χ1v) is 13.4. The molecule has 0 aliphatic heterocycles. The number of carbonyl (C=O) groups excluding carboxylic acids is 3. The lowest BCUT2D eigenvalue weighted by Crippen LogP contribution is -2.65. The second-order valence-electron chi connectivity index (χ2n) is 9.83. The molecule has 4 atom stereocenters. The van der Waals surface area contributed by atoms with Crippen LogP contribution >= 0.6 is 0 Å². The molecule has 0 aromatic heterocycles. The summed E-state index contributed by atoms with van der Waals surface area (Å²) in [6.07, 6.45) is 6.08. The molecule has 0 spiro atoms. The van der Waals surface area contributed by atoms with E-state index < -0.39 is 41.6 Å². The second-order valence-corrected chi connectivity index (χ2v) is 9.83. The molecule has 2 aromatic rings. The van der Waals surface area contributed by atoms with Crippen LogP contribution in [0.3, 0.4) is 0 Å². The zero-order valence-electron chi connectivity index (χ0n) is 22.2. The molecule has 38 heavy (non-hydrogen) atoms. The summed E-state index contributed by atoms with van der Waals surface area (Å²) in [5, 5.41) is 14.7. The van der Waals surface area contributed by atoms with E-state index in [9.17, 15) is 24.3 Å². The van der Waals surface area contributed by atoms with Crippen molar-refractivity contribution in [3.8, 4) is 11.1 Å². The van der Waals surface area contributed by atoms with Crippen molar-refractivity contribution in [1.82, 2.24) is 10.6 Å². The van der Waals surface area contributed by atoms with Crippen molar-refractivity contribution in [1.29, 1.82) is 0 Å². The number of rotatable bonds is 15. The van der Waals surface area contributed by atoms with Crippen molar-refractivity contribution in [2.24, 2.45) is 17.8 Å². The molecule has 0 radical (unpaired) electrons. The Hall–Kier alpha value is -3.68. The van der Waals surface area contributed by atoms with E-state index in [2.05, 4.69) is 66.1 Å². The molecule has 204 valence electrons. The van der Waals surface area contributed by atoms with Gasteiger partial charge in [0, 0.05) is 13.6 Å².